The summed E-state index contributed by atoms with van der Waals surface area (Å²) >= 11 is 0. The lowest BCUT2D eigenvalue weighted by Gasteiger charge is -2.37. The number of nitrogens with zero attached hydrogens (tertiary/aromatic N) is 2. The highest BCUT2D eigenvalue weighted by Crippen LogP contribution is 2.41. The van der Waals surface area contributed by atoms with E-state index in [1.54, 1.807) is 0 Å². The lowest BCUT2D eigenvalue weighted by Crippen LogP contribution is -2.37. The number of aromatic nitrogens is 2. The Morgan fingerprint density at radius 2 is 1.36 bits per heavy atom. The minimum atomic E-state index is -0.861. The molecule has 6 aromatic rings. The summed E-state index contributed by atoms with van der Waals surface area (Å²) < 4.78 is 7.87. The average molecular weight is 509 g/mol. The predicted molar refractivity (Wildman–Crippen MR) is 154 cm³/mol. The molecule has 0 fully saturated rings. The fourth-order valence-corrected chi connectivity index (χ4v) is 6.04. The van der Waals surface area contributed by atoms with E-state index in [1.807, 2.05) is 42.9 Å². The van der Waals surface area contributed by atoms with Crippen LogP contribution < -0.4 is 4.74 Å². The Labute approximate surface area is 227 Å². The van der Waals surface area contributed by atoms with Crippen molar-refractivity contribution in [3.8, 4) is 5.75 Å². The number of imidazole rings is 1. The number of aliphatic hydroxyl groups is 1. The van der Waals surface area contributed by atoms with Gasteiger partial charge in [0.05, 0.1) is 18.6 Å². The Kier molecular flexibility index (Phi) is 5.75. The summed E-state index contributed by atoms with van der Waals surface area (Å²) in [5.74, 6) is 0.966. The van der Waals surface area contributed by atoms with Crippen molar-refractivity contribution >= 4 is 10.8 Å². The highest BCUT2D eigenvalue weighted by atomic mass is 16.5. The highest BCUT2D eigenvalue weighted by molar-refractivity contribution is 5.89. The molecule has 4 nitrogen and oxygen atoms in total. The molecular formula is C35H28N2O2. The number of hydrogen-bond donors (Lipinski definition) is 1. The van der Waals surface area contributed by atoms with Gasteiger partial charge in [0, 0.05) is 18.2 Å². The summed E-state index contributed by atoms with van der Waals surface area (Å²) in [4.78, 5) is 4.77. The van der Waals surface area contributed by atoms with Crippen molar-refractivity contribution < 1.29 is 9.84 Å². The van der Waals surface area contributed by atoms with Crippen LogP contribution in [0.15, 0.2) is 134 Å². The van der Waals surface area contributed by atoms with Gasteiger partial charge in [0.2, 0.25) is 0 Å². The zero-order valence-electron chi connectivity index (χ0n) is 21.4. The van der Waals surface area contributed by atoms with E-state index in [-0.39, 0.29) is 0 Å². The van der Waals surface area contributed by atoms with Crippen LogP contribution in [0.5, 0.6) is 5.75 Å². The molecule has 0 radical (unpaired) electrons. The van der Waals surface area contributed by atoms with Crippen molar-refractivity contribution in [1.29, 1.82) is 0 Å². The summed E-state index contributed by atoms with van der Waals surface area (Å²) in [6.45, 7) is 0.724. The Morgan fingerprint density at radius 3 is 1.97 bits per heavy atom. The molecular weight excluding hydrogens is 480 g/mol. The van der Waals surface area contributed by atoms with Gasteiger partial charge in [-0.25, -0.2) is 4.98 Å². The van der Waals surface area contributed by atoms with Crippen molar-refractivity contribution in [3.63, 3.8) is 0 Å². The van der Waals surface area contributed by atoms with Gasteiger partial charge in [-0.3, -0.25) is 0 Å². The van der Waals surface area contributed by atoms with Crippen LogP contribution in [0.4, 0.5) is 0 Å². The number of aliphatic hydroxyl groups excluding tert-OH is 1. The topological polar surface area (TPSA) is 47.3 Å². The second kappa shape index (κ2) is 9.57. The van der Waals surface area contributed by atoms with E-state index in [0.29, 0.717) is 5.69 Å². The molecule has 1 aliphatic heterocycles. The molecule has 5 aromatic carbocycles. The van der Waals surface area contributed by atoms with E-state index >= 15 is 0 Å². The lowest BCUT2D eigenvalue weighted by molar-refractivity contribution is 0.216. The number of fused-ring (bicyclic) bond motifs is 3. The molecule has 1 unspecified atom stereocenters. The molecule has 0 bridgehead atoms. The molecule has 0 aliphatic carbocycles. The maximum absolute atomic E-state index is 11.5. The third kappa shape index (κ3) is 3.84. The predicted octanol–water partition coefficient (Wildman–Crippen LogP) is 6.89. The van der Waals surface area contributed by atoms with E-state index in [4.69, 9.17) is 9.72 Å². The minimum Gasteiger partial charge on any atom is -0.493 e. The van der Waals surface area contributed by atoms with Crippen LogP contribution in [0.25, 0.3) is 10.8 Å². The van der Waals surface area contributed by atoms with Crippen LogP contribution in [0.1, 0.15) is 39.6 Å². The monoisotopic (exact) mass is 508 g/mol. The molecule has 1 atom stereocenters. The van der Waals surface area contributed by atoms with E-state index in [0.717, 1.165) is 46.4 Å². The highest BCUT2D eigenvalue weighted by Gasteiger charge is 2.38. The number of ether oxygens (including phenoxy) is 1. The largest absolute Gasteiger partial charge is 0.493 e. The molecule has 39 heavy (non-hydrogen) atoms. The number of hydrogen-bond acceptors (Lipinski definition) is 3. The van der Waals surface area contributed by atoms with Gasteiger partial charge in [-0.15, -0.1) is 0 Å². The maximum Gasteiger partial charge on any atom is 0.123 e. The summed E-state index contributed by atoms with van der Waals surface area (Å²) in [6.07, 6.45) is 3.88. The molecule has 0 saturated heterocycles. The van der Waals surface area contributed by atoms with Gasteiger partial charge in [-0.1, -0.05) is 109 Å². The second-order valence-electron chi connectivity index (χ2n) is 10.0. The standard InChI is InChI=1S/C35H28N2O2/c38-34(26-16-18-30-25(22-26)17-19-33-31(30)20-21-39-33)32-23-37(24-36-32)35(27-10-4-1-5-11-27,28-12-6-2-7-13-28)29-14-8-3-9-15-29/h1-19,22-24,34,38H,20-21H2. The Morgan fingerprint density at radius 1 is 0.744 bits per heavy atom. The molecule has 0 saturated carbocycles. The van der Waals surface area contributed by atoms with Crippen LogP contribution in [0.3, 0.4) is 0 Å². The van der Waals surface area contributed by atoms with Crippen LogP contribution in [0, 0.1) is 0 Å². The first-order valence-corrected chi connectivity index (χ1v) is 13.3. The van der Waals surface area contributed by atoms with Gasteiger partial charge in [0.1, 0.15) is 17.4 Å². The Balaban J connectivity index is 1.37. The van der Waals surface area contributed by atoms with E-state index in [2.05, 4.69) is 95.6 Å². The summed E-state index contributed by atoms with van der Waals surface area (Å²) in [6, 6.07) is 41.7. The first-order valence-electron chi connectivity index (χ1n) is 13.3. The third-order valence-electron chi connectivity index (χ3n) is 7.88. The van der Waals surface area contributed by atoms with Gasteiger partial charge in [0.15, 0.2) is 0 Å². The van der Waals surface area contributed by atoms with Crippen LogP contribution in [-0.4, -0.2) is 21.3 Å². The second-order valence-corrected chi connectivity index (χ2v) is 10.0. The maximum atomic E-state index is 11.5. The number of rotatable bonds is 6. The average Bonchev–Trinajstić information content (AvgIpc) is 3.70. The molecule has 1 aromatic heterocycles. The smallest absolute Gasteiger partial charge is 0.123 e. The molecule has 0 spiro atoms. The van der Waals surface area contributed by atoms with Crippen LogP contribution >= 0.6 is 0 Å². The molecule has 190 valence electrons. The van der Waals surface area contributed by atoms with Crippen molar-refractivity contribution in [1.82, 2.24) is 9.55 Å². The zero-order chi connectivity index (χ0) is 26.2. The van der Waals surface area contributed by atoms with Crippen molar-refractivity contribution in [2.45, 2.75) is 18.1 Å². The van der Waals surface area contributed by atoms with E-state index in [1.165, 1.54) is 10.9 Å². The summed E-state index contributed by atoms with van der Waals surface area (Å²) in [7, 11) is 0. The normalized spacial score (nSPS) is 13.7. The lowest BCUT2D eigenvalue weighted by atomic mass is 9.77. The van der Waals surface area contributed by atoms with Crippen molar-refractivity contribution in [3.05, 3.63) is 167 Å². The quantitative estimate of drug-likeness (QED) is 0.249. The van der Waals surface area contributed by atoms with Crippen LogP contribution in [0.2, 0.25) is 0 Å². The van der Waals surface area contributed by atoms with Gasteiger partial charge in [0.25, 0.3) is 0 Å². The van der Waals surface area contributed by atoms with Gasteiger partial charge in [-0.05, 0) is 45.2 Å². The van der Waals surface area contributed by atoms with Crippen molar-refractivity contribution in [2.75, 3.05) is 6.61 Å². The molecule has 1 aliphatic rings. The zero-order valence-corrected chi connectivity index (χ0v) is 21.4. The fraction of sp³-hybridized carbons (Fsp3) is 0.114. The summed E-state index contributed by atoms with van der Waals surface area (Å²) in [5.41, 5.74) is 5.34. The van der Waals surface area contributed by atoms with Crippen molar-refractivity contribution in [2.24, 2.45) is 0 Å². The van der Waals surface area contributed by atoms with E-state index < -0.39 is 11.6 Å². The SMILES string of the molecule is OC(c1ccc2c3c(ccc2c1)OCC3)c1cn(C(c2ccccc2)(c2ccccc2)c2ccccc2)cn1. The van der Waals surface area contributed by atoms with Gasteiger partial charge >= 0.3 is 0 Å². The fourth-order valence-electron chi connectivity index (χ4n) is 6.04. The molecule has 0 amide bonds. The van der Waals surface area contributed by atoms with E-state index in [9.17, 15) is 5.11 Å². The van der Waals surface area contributed by atoms with Gasteiger partial charge < -0.3 is 14.4 Å². The molecule has 1 N–H and O–H groups in total. The van der Waals surface area contributed by atoms with Crippen LogP contribution in [-0.2, 0) is 12.0 Å². The molecule has 7 rings (SSSR count). The first-order chi connectivity index (χ1) is 19.2. The Hall–Kier alpha value is -4.67. The summed E-state index contributed by atoms with van der Waals surface area (Å²) in [5, 5.41) is 13.8. The molecule has 2 heterocycles. The number of benzene rings is 5. The third-order valence-corrected chi connectivity index (χ3v) is 7.88. The molecule has 4 heteroatoms. The first kappa shape index (κ1) is 23.4. The minimum absolute atomic E-state index is 0.603. The van der Waals surface area contributed by atoms with Gasteiger partial charge in [-0.2, -0.15) is 0 Å². The Bertz CT molecular complexity index is 1650.